The number of aryl methyl sites for hydroxylation is 1. The maximum atomic E-state index is 10.7. The van der Waals surface area contributed by atoms with Crippen LogP contribution in [-0.4, -0.2) is 30.2 Å². The second-order valence-electron chi connectivity index (χ2n) is 3.99. The zero-order chi connectivity index (χ0) is 13.6. The summed E-state index contributed by atoms with van der Waals surface area (Å²) in [6.07, 6.45) is 1.41. The average molecular weight is 325 g/mol. The average Bonchev–Trinajstić information content (AvgIpc) is 3.01. The van der Waals surface area contributed by atoms with Crippen molar-refractivity contribution in [1.29, 1.82) is 0 Å². The molecule has 3 heterocycles. The number of hydrogen-bond donors (Lipinski definition) is 1. The van der Waals surface area contributed by atoms with Gasteiger partial charge in [-0.1, -0.05) is 0 Å². The van der Waals surface area contributed by atoms with Crippen molar-refractivity contribution in [3.8, 4) is 11.6 Å². The Labute approximate surface area is 115 Å². The third-order valence-electron chi connectivity index (χ3n) is 2.72. The number of carbonyl (C=O) groups is 1. The Hall–Kier alpha value is -2.09. The molecule has 1 N–H and O–H groups in total. The number of hydrogen-bond acceptors (Lipinski definition) is 4. The molecule has 3 aromatic rings. The van der Waals surface area contributed by atoms with Gasteiger partial charge in [-0.3, -0.25) is 9.36 Å². The van der Waals surface area contributed by atoms with Crippen LogP contribution in [0.3, 0.4) is 0 Å². The van der Waals surface area contributed by atoms with E-state index >= 15 is 0 Å². The molecule has 3 rings (SSSR count). The molecule has 0 aromatic carbocycles. The van der Waals surface area contributed by atoms with E-state index in [-0.39, 0.29) is 6.42 Å². The number of rotatable bonds is 3. The van der Waals surface area contributed by atoms with Crippen LogP contribution in [0.5, 0.6) is 0 Å². The van der Waals surface area contributed by atoms with Gasteiger partial charge < -0.3 is 9.52 Å². The van der Waals surface area contributed by atoms with Gasteiger partial charge in [0.25, 0.3) is 0 Å². The van der Waals surface area contributed by atoms with Crippen LogP contribution in [0.15, 0.2) is 27.4 Å². The van der Waals surface area contributed by atoms with Crippen molar-refractivity contribution in [2.45, 2.75) is 6.42 Å². The molecule has 8 heteroatoms. The smallest absolute Gasteiger partial charge is 0.309 e. The molecule has 0 unspecified atom stereocenters. The lowest BCUT2D eigenvalue weighted by Crippen LogP contribution is -2.02. The van der Waals surface area contributed by atoms with Crippen LogP contribution in [0.1, 0.15) is 5.69 Å². The molecule has 0 aliphatic heterocycles. The fourth-order valence-corrected chi connectivity index (χ4v) is 2.33. The third kappa shape index (κ3) is 1.84. The number of fused-ring (bicyclic) bond motifs is 1. The summed E-state index contributed by atoms with van der Waals surface area (Å²) in [4.78, 5) is 15.0. The van der Waals surface area contributed by atoms with Gasteiger partial charge in [0, 0.05) is 7.05 Å². The van der Waals surface area contributed by atoms with Gasteiger partial charge in [-0.05, 0) is 28.1 Å². The van der Waals surface area contributed by atoms with E-state index in [0.717, 1.165) is 0 Å². The van der Waals surface area contributed by atoms with Crippen LogP contribution in [0, 0.1) is 0 Å². The highest BCUT2D eigenvalue weighted by Gasteiger charge is 2.20. The molecule has 0 spiro atoms. The van der Waals surface area contributed by atoms with Gasteiger partial charge in [-0.2, -0.15) is 4.52 Å². The number of imidazole rings is 1. The van der Waals surface area contributed by atoms with Crippen LogP contribution in [0.25, 0.3) is 17.4 Å². The number of nitrogens with zero attached hydrogens (tertiary/aromatic N) is 4. The Balaban J connectivity index is 2.16. The number of furan rings is 1. The SMILES string of the molecule is Cn1c(-c2ccco2)nn2c(Br)c(CC(=O)O)nc12. The van der Waals surface area contributed by atoms with E-state index < -0.39 is 5.97 Å². The summed E-state index contributed by atoms with van der Waals surface area (Å²) in [6.45, 7) is 0. The minimum absolute atomic E-state index is 0.153. The molecule has 0 aliphatic rings. The topological polar surface area (TPSA) is 85.6 Å². The van der Waals surface area contributed by atoms with E-state index in [4.69, 9.17) is 9.52 Å². The van der Waals surface area contributed by atoms with Gasteiger partial charge in [-0.15, -0.1) is 5.10 Å². The molecule has 0 atom stereocenters. The lowest BCUT2D eigenvalue weighted by molar-refractivity contribution is -0.136. The van der Waals surface area contributed by atoms with Crippen LogP contribution < -0.4 is 0 Å². The summed E-state index contributed by atoms with van der Waals surface area (Å²) in [5, 5.41) is 13.2. The standard InChI is InChI=1S/C11H9BrN4O3/c1-15-10(7-3-2-4-19-7)14-16-9(12)6(5-8(17)18)13-11(15)16/h2-4H,5H2,1H3,(H,17,18). The van der Waals surface area contributed by atoms with Crippen molar-refractivity contribution in [2.75, 3.05) is 0 Å². The lowest BCUT2D eigenvalue weighted by Gasteiger charge is -1.96. The first-order valence-electron chi connectivity index (χ1n) is 5.43. The first-order chi connectivity index (χ1) is 9.08. The number of carboxylic acids is 1. The first-order valence-corrected chi connectivity index (χ1v) is 6.22. The monoisotopic (exact) mass is 324 g/mol. The van der Waals surface area contributed by atoms with Crippen LogP contribution in [-0.2, 0) is 18.3 Å². The molecule has 0 aliphatic carbocycles. The van der Waals surface area contributed by atoms with Crippen LogP contribution >= 0.6 is 15.9 Å². The first kappa shape index (κ1) is 12.0. The predicted molar refractivity (Wildman–Crippen MR) is 68.7 cm³/mol. The zero-order valence-electron chi connectivity index (χ0n) is 9.87. The predicted octanol–water partition coefficient (Wildman–Crippen LogP) is 1.72. The second kappa shape index (κ2) is 4.23. The van der Waals surface area contributed by atoms with Crippen LogP contribution in [0.2, 0.25) is 0 Å². The summed E-state index contributed by atoms with van der Waals surface area (Å²) < 4.78 is 9.14. The molecule has 0 amide bonds. The summed E-state index contributed by atoms with van der Waals surface area (Å²) in [5.74, 6) is 0.861. The minimum Gasteiger partial charge on any atom is -0.481 e. The molecule has 3 aromatic heterocycles. The molecule has 19 heavy (non-hydrogen) atoms. The van der Waals surface area contributed by atoms with Gasteiger partial charge in [0.1, 0.15) is 4.60 Å². The fraction of sp³-hybridized carbons (Fsp3) is 0.182. The van der Waals surface area contributed by atoms with E-state index in [9.17, 15) is 4.79 Å². The molecule has 7 nitrogen and oxygen atoms in total. The van der Waals surface area contributed by atoms with Crippen molar-refractivity contribution in [3.05, 3.63) is 28.7 Å². The van der Waals surface area contributed by atoms with E-state index in [0.29, 0.717) is 27.7 Å². The van der Waals surface area contributed by atoms with Crippen molar-refractivity contribution >= 4 is 27.7 Å². The maximum Gasteiger partial charge on any atom is 0.309 e. The van der Waals surface area contributed by atoms with E-state index in [2.05, 4.69) is 26.0 Å². The Morgan fingerprint density at radius 1 is 1.58 bits per heavy atom. The van der Waals surface area contributed by atoms with E-state index in [1.165, 1.54) is 0 Å². The Bertz CT molecular complexity index is 757. The normalized spacial score (nSPS) is 11.3. The largest absolute Gasteiger partial charge is 0.481 e. The van der Waals surface area contributed by atoms with Crippen LogP contribution in [0.4, 0.5) is 0 Å². The Kier molecular flexibility index (Phi) is 2.67. The molecule has 0 fully saturated rings. The molecule has 0 bridgehead atoms. The number of aromatic nitrogens is 4. The van der Waals surface area contributed by atoms with Gasteiger partial charge >= 0.3 is 5.97 Å². The quantitative estimate of drug-likeness (QED) is 0.792. The number of halogens is 1. The highest BCUT2D eigenvalue weighted by molar-refractivity contribution is 9.10. The van der Waals surface area contributed by atoms with Crippen molar-refractivity contribution in [2.24, 2.45) is 7.05 Å². The second-order valence-corrected chi connectivity index (χ2v) is 4.74. The lowest BCUT2D eigenvalue weighted by atomic mass is 10.3. The highest BCUT2D eigenvalue weighted by Crippen LogP contribution is 2.24. The molecule has 0 saturated carbocycles. The maximum absolute atomic E-state index is 10.7. The number of aliphatic carboxylic acids is 1. The summed E-state index contributed by atoms with van der Waals surface area (Å²) >= 11 is 3.32. The van der Waals surface area contributed by atoms with E-state index in [1.807, 2.05) is 0 Å². The van der Waals surface area contributed by atoms with Gasteiger partial charge in [0.2, 0.25) is 5.78 Å². The van der Waals surface area contributed by atoms with Crippen molar-refractivity contribution in [1.82, 2.24) is 19.2 Å². The fourth-order valence-electron chi connectivity index (χ4n) is 1.86. The zero-order valence-corrected chi connectivity index (χ0v) is 11.5. The third-order valence-corrected chi connectivity index (χ3v) is 3.51. The number of carboxylic acid groups (broad SMARTS) is 1. The molecule has 0 radical (unpaired) electrons. The molecular weight excluding hydrogens is 316 g/mol. The Morgan fingerprint density at radius 2 is 2.37 bits per heavy atom. The molecule has 0 saturated heterocycles. The molecule has 98 valence electrons. The van der Waals surface area contributed by atoms with Gasteiger partial charge in [-0.25, -0.2) is 4.98 Å². The summed E-state index contributed by atoms with van der Waals surface area (Å²) in [5.41, 5.74) is 0.441. The summed E-state index contributed by atoms with van der Waals surface area (Å²) in [7, 11) is 1.80. The van der Waals surface area contributed by atoms with Crippen molar-refractivity contribution < 1.29 is 14.3 Å². The van der Waals surface area contributed by atoms with Gasteiger partial charge in [0.15, 0.2) is 11.6 Å². The molecular formula is C11H9BrN4O3. The van der Waals surface area contributed by atoms with E-state index in [1.54, 1.807) is 34.5 Å². The minimum atomic E-state index is -0.935. The highest BCUT2D eigenvalue weighted by atomic mass is 79.9. The van der Waals surface area contributed by atoms with Crippen molar-refractivity contribution in [3.63, 3.8) is 0 Å². The Morgan fingerprint density at radius 3 is 2.95 bits per heavy atom. The van der Waals surface area contributed by atoms with Gasteiger partial charge in [0.05, 0.1) is 18.4 Å². The summed E-state index contributed by atoms with van der Waals surface area (Å²) in [6, 6.07) is 3.57.